The molecule has 3 aromatic rings. The Balaban J connectivity index is 1.04. The summed E-state index contributed by atoms with van der Waals surface area (Å²) in [5.74, 6) is 0.651. The second-order valence-corrected chi connectivity index (χ2v) is 19.8. The molecule has 1 unspecified atom stereocenters. The minimum atomic E-state index is -1.87. The summed E-state index contributed by atoms with van der Waals surface area (Å²) in [6, 6.07) is 14.3. The quantitative estimate of drug-likeness (QED) is 0.0510. The van der Waals surface area contributed by atoms with Gasteiger partial charge in [0.15, 0.2) is 0 Å². The van der Waals surface area contributed by atoms with Gasteiger partial charge < -0.3 is 76.4 Å². The first-order valence-corrected chi connectivity index (χ1v) is 25.5. The fraction of sp³-hybridized carbons (Fsp3) is 0.608. The number of rotatable bonds is 27. The Hall–Kier alpha value is -4.71. The Morgan fingerprint density at radius 2 is 1.49 bits per heavy atom. The van der Waals surface area contributed by atoms with Gasteiger partial charge in [-0.25, -0.2) is 9.59 Å². The normalized spacial score (nSPS) is 19.4. The average molecular weight is 1030 g/mol. The number of piperazine rings is 1. The zero-order chi connectivity index (χ0) is 52.1. The summed E-state index contributed by atoms with van der Waals surface area (Å²) >= 11 is 6.90. The SMILES string of the molecule is CC[C@@H](O)[C@@H](O)[C@H](O)[C@@H](O)CNC(=O)N1CCN(CCNC(=O)CCCC(C)c2ccc(Cl)c(CN(C(=O)NC[C@H](O)[C@@H](O)[C@H](O)[C@H](O)CO)C3(c4cnccc4-c4ccccc4OC4CC4)CC3)c2)CC1. The van der Waals surface area contributed by atoms with Crippen LogP contribution < -0.4 is 20.7 Å². The third kappa shape index (κ3) is 15.0. The molecule has 21 heteroatoms. The van der Waals surface area contributed by atoms with Crippen molar-refractivity contribution in [3.63, 3.8) is 0 Å². The topological polar surface area (TPSA) is 301 Å². The van der Waals surface area contributed by atoms with Gasteiger partial charge in [-0.2, -0.15) is 0 Å². The molecule has 3 aliphatic rings. The Labute approximate surface area is 425 Å². The van der Waals surface area contributed by atoms with Gasteiger partial charge in [0.05, 0.1) is 36.6 Å². The van der Waals surface area contributed by atoms with Gasteiger partial charge in [0.25, 0.3) is 0 Å². The number of halogens is 1. The maximum Gasteiger partial charge on any atom is 0.318 e. The van der Waals surface area contributed by atoms with Crippen molar-refractivity contribution in [1.82, 2.24) is 35.6 Å². The highest BCUT2D eigenvalue weighted by Crippen LogP contribution is 2.55. The number of carbonyl (C=O) groups is 3. The van der Waals surface area contributed by atoms with Gasteiger partial charge in [-0.15, -0.1) is 0 Å². The summed E-state index contributed by atoms with van der Waals surface area (Å²) < 4.78 is 6.31. The number of aliphatic hydroxyl groups excluding tert-OH is 9. The predicted octanol–water partition coefficient (Wildman–Crippen LogP) is 1.15. The van der Waals surface area contributed by atoms with Gasteiger partial charge in [0.1, 0.15) is 36.3 Å². The maximum absolute atomic E-state index is 14.5. The van der Waals surface area contributed by atoms with E-state index in [9.17, 15) is 60.3 Å². The zero-order valence-corrected chi connectivity index (χ0v) is 41.9. The molecule has 3 fully saturated rings. The van der Waals surface area contributed by atoms with Crippen molar-refractivity contribution in [2.24, 2.45) is 0 Å². The van der Waals surface area contributed by atoms with E-state index in [0.29, 0.717) is 82.0 Å². The number of amides is 5. The molecular formula is C51H74ClN7O13. The van der Waals surface area contributed by atoms with E-state index in [1.807, 2.05) is 42.5 Å². The van der Waals surface area contributed by atoms with Crippen LogP contribution in [0.15, 0.2) is 60.9 Å². The Kier molecular flexibility index (Phi) is 20.8. The van der Waals surface area contributed by atoms with Crippen molar-refractivity contribution in [1.29, 1.82) is 0 Å². The number of benzene rings is 2. The minimum absolute atomic E-state index is 0.0126. The first kappa shape index (κ1) is 56.6. The molecular weight excluding hydrogens is 954 g/mol. The molecule has 1 aliphatic heterocycles. The second-order valence-electron chi connectivity index (χ2n) is 19.4. The fourth-order valence-corrected chi connectivity index (χ4v) is 9.19. The van der Waals surface area contributed by atoms with Crippen LogP contribution in [0.4, 0.5) is 9.59 Å². The predicted molar refractivity (Wildman–Crippen MR) is 267 cm³/mol. The summed E-state index contributed by atoms with van der Waals surface area (Å²) in [5.41, 5.74) is 3.22. The number of ether oxygens (including phenoxy) is 1. The van der Waals surface area contributed by atoms with Crippen molar-refractivity contribution < 1.29 is 65.1 Å². The minimum Gasteiger partial charge on any atom is -0.490 e. The van der Waals surface area contributed by atoms with Gasteiger partial charge in [0.2, 0.25) is 5.91 Å². The lowest BCUT2D eigenvalue weighted by Gasteiger charge is -2.35. The lowest BCUT2D eigenvalue weighted by Crippen LogP contribution is -2.55. The maximum atomic E-state index is 14.5. The molecule has 398 valence electrons. The summed E-state index contributed by atoms with van der Waals surface area (Å²) in [5, 5.41) is 99.4. The molecule has 72 heavy (non-hydrogen) atoms. The molecule has 1 aromatic heterocycles. The Bertz CT molecular complexity index is 2230. The lowest BCUT2D eigenvalue weighted by atomic mass is 9.92. The number of hydrogen-bond donors (Lipinski definition) is 12. The summed E-state index contributed by atoms with van der Waals surface area (Å²) in [6.45, 7) is 5.11. The first-order valence-electron chi connectivity index (χ1n) is 25.1. The van der Waals surface area contributed by atoms with E-state index in [-0.39, 0.29) is 37.4 Å². The average Bonchev–Trinajstić information content (AvgIpc) is 4.35. The van der Waals surface area contributed by atoms with Gasteiger partial charge >= 0.3 is 12.1 Å². The molecule has 5 amide bonds. The molecule has 2 saturated carbocycles. The number of hydrogen-bond acceptors (Lipinski definition) is 15. The number of para-hydroxylation sites is 1. The lowest BCUT2D eigenvalue weighted by molar-refractivity contribution is -0.121. The van der Waals surface area contributed by atoms with Crippen molar-refractivity contribution in [3.8, 4) is 16.9 Å². The third-order valence-electron chi connectivity index (χ3n) is 14.0. The third-order valence-corrected chi connectivity index (χ3v) is 14.4. The standard InChI is InChI=1S/C51H74ClN7O13/c1-3-39(61)45(66)46(67)40(62)27-55-49(70)58-23-21-57(22-24-58)20-19-54-44(65)10-6-7-31(2)32-11-14-38(52)33(25-32)29-59(50(71)56-28-41(63)47(68)48(69)42(64)30-60)51(16-17-51)37-26-53-18-15-35(37)36-8-4-5-9-43(36)72-34-12-13-34/h4-5,8-9,11,14-15,18,25-26,31,34,39-42,45-48,60-64,66-69H,3,6-7,10,12-13,16-17,19-24,27-30H2,1-2H3,(H,54,65)(H,55,70)(H,56,71)/t31?,39-,40+,41+,42-,45-,46-,47-,48-/m1/s1. The Morgan fingerprint density at radius 3 is 2.14 bits per heavy atom. The van der Waals surface area contributed by atoms with Gasteiger partial charge in [-0.3, -0.25) is 14.7 Å². The largest absolute Gasteiger partial charge is 0.490 e. The van der Waals surface area contributed by atoms with Crippen molar-refractivity contribution >= 4 is 29.6 Å². The molecule has 0 radical (unpaired) electrons. The number of carbonyl (C=O) groups excluding carboxylic acids is 3. The molecule has 12 N–H and O–H groups in total. The highest BCUT2D eigenvalue weighted by Gasteiger charge is 2.53. The second kappa shape index (κ2) is 26.5. The van der Waals surface area contributed by atoms with Gasteiger partial charge in [-0.05, 0) is 85.8 Å². The summed E-state index contributed by atoms with van der Waals surface area (Å²) in [6.07, 6.45) is -4.49. The van der Waals surface area contributed by atoms with Crippen LogP contribution in [0.25, 0.3) is 11.1 Å². The molecule has 6 rings (SSSR count). The molecule has 2 aromatic carbocycles. The van der Waals surface area contributed by atoms with Crippen molar-refractivity contribution in [2.75, 3.05) is 59.0 Å². The Morgan fingerprint density at radius 1 is 0.833 bits per heavy atom. The highest BCUT2D eigenvalue weighted by molar-refractivity contribution is 6.31. The summed E-state index contributed by atoms with van der Waals surface area (Å²) in [7, 11) is 0. The van der Waals surface area contributed by atoms with E-state index in [0.717, 1.165) is 40.8 Å². The molecule has 0 bridgehead atoms. The van der Waals surface area contributed by atoms with Crippen molar-refractivity contribution in [3.05, 3.63) is 82.6 Å². The number of nitrogens with one attached hydrogen (secondary N) is 3. The molecule has 9 atom stereocenters. The molecule has 20 nitrogen and oxygen atoms in total. The number of urea groups is 2. The first-order chi connectivity index (χ1) is 34.5. The monoisotopic (exact) mass is 1030 g/mol. The van der Waals surface area contributed by atoms with Crippen LogP contribution in [0.3, 0.4) is 0 Å². The van der Waals surface area contributed by atoms with Crippen LogP contribution in [0.5, 0.6) is 5.75 Å². The van der Waals surface area contributed by atoms with E-state index in [4.69, 9.17) is 16.3 Å². The zero-order valence-electron chi connectivity index (χ0n) is 41.1. The molecule has 2 aliphatic carbocycles. The van der Waals surface area contributed by atoms with Gasteiger partial charge in [-0.1, -0.05) is 55.8 Å². The van der Waals surface area contributed by atoms with Crippen LogP contribution in [0.1, 0.15) is 87.8 Å². The molecule has 0 spiro atoms. The van der Waals surface area contributed by atoms with E-state index in [1.165, 1.54) is 0 Å². The highest BCUT2D eigenvalue weighted by atomic mass is 35.5. The summed E-state index contributed by atoms with van der Waals surface area (Å²) in [4.78, 5) is 50.0. The van der Waals surface area contributed by atoms with Gasteiger partial charge in [0, 0.05) is 93.9 Å². The van der Waals surface area contributed by atoms with Crippen LogP contribution in [-0.2, 0) is 16.9 Å². The number of aliphatic hydroxyl groups is 9. The van der Waals surface area contributed by atoms with Crippen LogP contribution in [0.2, 0.25) is 5.02 Å². The van der Waals surface area contributed by atoms with E-state index >= 15 is 0 Å². The molecule has 1 saturated heterocycles. The smallest absolute Gasteiger partial charge is 0.318 e. The van der Waals surface area contributed by atoms with E-state index < -0.39 is 79.6 Å². The van der Waals surface area contributed by atoms with Crippen LogP contribution >= 0.6 is 11.6 Å². The van der Waals surface area contributed by atoms with Crippen LogP contribution in [-0.4, -0.2) is 198 Å². The number of pyridine rings is 1. The van der Waals surface area contributed by atoms with Crippen molar-refractivity contribution in [2.45, 2.75) is 138 Å². The van der Waals surface area contributed by atoms with E-state index in [1.54, 1.807) is 35.2 Å². The van der Waals surface area contributed by atoms with E-state index in [2.05, 4.69) is 32.8 Å². The van der Waals surface area contributed by atoms with Crippen LogP contribution in [0, 0.1) is 0 Å². The molecule has 2 heterocycles. The fourth-order valence-electron chi connectivity index (χ4n) is 9.02. The number of nitrogens with zero attached hydrogens (tertiary/aromatic N) is 4. The number of aromatic nitrogens is 1.